The van der Waals surface area contributed by atoms with Crippen LogP contribution in [0.3, 0.4) is 0 Å². The molecule has 1 aliphatic heterocycles. The number of hydrogen-bond acceptors (Lipinski definition) is 2. The second kappa shape index (κ2) is 2.89. The lowest BCUT2D eigenvalue weighted by Crippen LogP contribution is -2.51. The predicted molar refractivity (Wildman–Crippen MR) is 38.4 cm³/mol. The molecule has 1 aromatic rings. The standard InChI is InChI=1S/C7H5F6N3/c8-5(9)1-2-16-4(14-3-15-16)6(10,11)7(5,12)13/h3H,1-2H2. The third-order valence-corrected chi connectivity index (χ3v) is 2.39. The first-order valence-corrected chi connectivity index (χ1v) is 4.22. The summed E-state index contributed by atoms with van der Waals surface area (Å²) in [6.45, 7) is -0.729. The maximum Gasteiger partial charge on any atom is 0.379 e. The van der Waals surface area contributed by atoms with Gasteiger partial charge in [-0.25, -0.2) is 9.67 Å². The molecule has 0 N–H and O–H groups in total. The number of aryl methyl sites for hydroxylation is 1. The Balaban J connectivity index is 2.61. The lowest BCUT2D eigenvalue weighted by Gasteiger charge is -2.29. The molecular formula is C7H5F6N3. The van der Waals surface area contributed by atoms with Gasteiger partial charge in [-0.05, 0) is 0 Å². The highest BCUT2D eigenvalue weighted by Crippen LogP contribution is 2.53. The van der Waals surface area contributed by atoms with Crippen LogP contribution in [0, 0.1) is 0 Å². The average molecular weight is 245 g/mol. The van der Waals surface area contributed by atoms with Crippen LogP contribution in [0.15, 0.2) is 6.33 Å². The first kappa shape index (κ1) is 11.2. The van der Waals surface area contributed by atoms with Crippen molar-refractivity contribution in [1.29, 1.82) is 0 Å². The third kappa shape index (κ3) is 1.17. The number of halogens is 6. The molecule has 0 radical (unpaired) electrons. The summed E-state index contributed by atoms with van der Waals surface area (Å²) in [6.07, 6.45) is -0.783. The highest BCUT2D eigenvalue weighted by atomic mass is 19.3. The molecule has 0 bridgehead atoms. The van der Waals surface area contributed by atoms with Gasteiger partial charge in [-0.3, -0.25) is 0 Å². The Labute approximate surface area is 85.1 Å². The summed E-state index contributed by atoms with van der Waals surface area (Å²) in [6, 6.07) is 0. The van der Waals surface area contributed by atoms with Gasteiger partial charge >= 0.3 is 17.8 Å². The van der Waals surface area contributed by atoms with Crippen LogP contribution in [-0.2, 0) is 12.5 Å². The van der Waals surface area contributed by atoms with Crippen LogP contribution in [0.4, 0.5) is 26.3 Å². The van der Waals surface area contributed by atoms with E-state index in [0.29, 0.717) is 11.0 Å². The molecule has 0 spiro atoms. The van der Waals surface area contributed by atoms with Crippen molar-refractivity contribution in [3.8, 4) is 0 Å². The Kier molecular flexibility index (Phi) is 2.02. The van der Waals surface area contributed by atoms with Gasteiger partial charge in [0, 0.05) is 13.0 Å². The van der Waals surface area contributed by atoms with Crippen molar-refractivity contribution in [2.75, 3.05) is 0 Å². The molecule has 2 heterocycles. The molecule has 3 nitrogen and oxygen atoms in total. The topological polar surface area (TPSA) is 30.7 Å². The monoisotopic (exact) mass is 245 g/mol. The van der Waals surface area contributed by atoms with Crippen molar-refractivity contribution in [3.05, 3.63) is 12.2 Å². The molecule has 0 atom stereocenters. The molecule has 0 amide bonds. The summed E-state index contributed by atoms with van der Waals surface area (Å²) >= 11 is 0. The quantitative estimate of drug-likeness (QED) is 0.655. The first-order valence-electron chi connectivity index (χ1n) is 4.22. The van der Waals surface area contributed by atoms with E-state index in [1.54, 1.807) is 0 Å². The summed E-state index contributed by atoms with van der Waals surface area (Å²) in [5.74, 6) is -16.7. The molecule has 0 fully saturated rings. The molecule has 9 heteroatoms. The van der Waals surface area contributed by atoms with Gasteiger partial charge in [0.25, 0.3) is 0 Å². The van der Waals surface area contributed by atoms with E-state index in [4.69, 9.17) is 0 Å². The second-order valence-electron chi connectivity index (χ2n) is 3.41. The molecule has 0 saturated carbocycles. The zero-order chi connectivity index (χ0) is 12.2. The molecule has 1 aromatic heterocycles. The predicted octanol–water partition coefficient (Wildman–Crippen LogP) is 2.04. The largest absolute Gasteiger partial charge is 0.379 e. The van der Waals surface area contributed by atoms with Crippen molar-refractivity contribution < 1.29 is 26.3 Å². The second-order valence-corrected chi connectivity index (χ2v) is 3.41. The number of nitrogens with zero attached hydrogens (tertiary/aromatic N) is 3. The molecular weight excluding hydrogens is 240 g/mol. The molecule has 1 aliphatic rings. The normalized spacial score (nSPS) is 25.9. The van der Waals surface area contributed by atoms with Crippen LogP contribution in [0.25, 0.3) is 0 Å². The van der Waals surface area contributed by atoms with E-state index in [0.717, 1.165) is 0 Å². The Morgan fingerprint density at radius 2 is 1.75 bits per heavy atom. The fraction of sp³-hybridized carbons (Fsp3) is 0.714. The number of aromatic nitrogens is 3. The highest BCUT2D eigenvalue weighted by Gasteiger charge is 2.74. The summed E-state index contributed by atoms with van der Waals surface area (Å²) in [5, 5.41) is 3.20. The SMILES string of the molecule is FC1(F)CCn2ncnc2C(F)(F)C1(F)F. The van der Waals surface area contributed by atoms with E-state index in [9.17, 15) is 26.3 Å². The van der Waals surface area contributed by atoms with Crippen molar-refractivity contribution in [1.82, 2.24) is 14.8 Å². The maximum atomic E-state index is 13.2. The fourth-order valence-electron chi connectivity index (χ4n) is 1.44. The Hall–Kier alpha value is -1.28. The molecule has 0 unspecified atom stereocenters. The third-order valence-electron chi connectivity index (χ3n) is 2.39. The van der Waals surface area contributed by atoms with Crippen LogP contribution in [0.1, 0.15) is 12.2 Å². The lowest BCUT2D eigenvalue weighted by molar-refractivity contribution is -0.315. The smallest absolute Gasteiger partial charge is 0.244 e. The minimum absolute atomic E-state index is 0.370. The van der Waals surface area contributed by atoms with E-state index >= 15 is 0 Å². The van der Waals surface area contributed by atoms with Crippen LogP contribution in [0.2, 0.25) is 0 Å². The van der Waals surface area contributed by atoms with Gasteiger partial charge in [-0.2, -0.15) is 31.4 Å². The van der Waals surface area contributed by atoms with Crippen LogP contribution in [0.5, 0.6) is 0 Å². The minimum Gasteiger partial charge on any atom is -0.244 e. The molecule has 0 aromatic carbocycles. The van der Waals surface area contributed by atoms with Gasteiger partial charge in [-0.1, -0.05) is 0 Å². The molecule has 90 valence electrons. The zero-order valence-electron chi connectivity index (χ0n) is 7.60. The van der Waals surface area contributed by atoms with Crippen molar-refractivity contribution in [2.45, 2.75) is 30.7 Å². The van der Waals surface area contributed by atoms with Gasteiger partial charge in [0.1, 0.15) is 6.33 Å². The number of alkyl halides is 6. The van der Waals surface area contributed by atoms with Crippen molar-refractivity contribution in [2.24, 2.45) is 0 Å². The summed E-state index contributed by atoms with van der Waals surface area (Å²) in [7, 11) is 0. The Morgan fingerprint density at radius 3 is 2.38 bits per heavy atom. The van der Waals surface area contributed by atoms with Crippen molar-refractivity contribution in [3.63, 3.8) is 0 Å². The van der Waals surface area contributed by atoms with Gasteiger partial charge in [0.2, 0.25) is 5.82 Å². The van der Waals surface area contributed by atoms with E-state index in [2.05, 4.69) is 10.1 Å². The van der Waals surface area contributed by atoms with Gasteiger partial charge < -0.3 is 0 Å². The van der Waals surface area contributed by atoms with E-state index < -0.39 is 36.6 Å². The maximum absolute atomic E-state index is 13.2. The van der Waals surface area contributed by atoms with E-state index in [-0.39, 0.29) is 0 Å². The number of rotatable bonds is 0. The number of hydrogen-bond donors (Lipinski definition) is 0. The average Bonchev–Trinajstić information content (AvgIpc) is 2.60. The van der Waals surface area contributed by atoms with E-state index in [1.165, 1.54) is 0 Å². The fourth-order valence-corrected chi connectivity index (χ4v) is 1.44. The molecule has 0 aliphatic carbocycles. The first-order chi connectivity index (χ1) is 7.20. The van der Waals surface area contributed by atoms with Crippen LogP contribution < -0.4 is 0 Å². The van der Waals surface area contributed by atoms with Gasteiger partial charge in [-0.15, -0.1) is 0 Å². The van der Waals surface area contributed by atoms with Gasteiger partial charge in [0.05, 0.1) is 0 Å². The Morgan fingerprint density at radius 1 is 1.12 bits per heavy atom. The Bertz CT molecular complexity index is 412. The minimum atomic E-state index is -5.47. The van der Waals surface area contributed by atoms with Crippen molar-refractivity contribution >= 4 is 0 Å². The molecule has 16 heavy (non-hydrogen) atoms. The number of fused-ring (bicyclic) bond motifs is 1. The van der Waals surface area contributed by atoms with Crippen LogP contribution >= 0.6 is 0 Å². The van der Waals surface area contributed by atoms with Crippen LogP contribution in [-0.4, -0.2) is 26.6 Å². The zero-order valence-corrected chi connectivity index (χ0v) is 7.60. The van der Waals surface area contributed by atoms with E-state index in [1.807, 2.05) is 0 Å². The van der Waals surface area contributed by atoms with Gasteiger partial charge in [0.15, 0.2) is 0 Å². The summed E-state index contributed by atoms with van der Waals surface area (Å²) in [4.78, 5) is 2.92. The lowest BCUT2D eigenvalue weighted by atomic mass is 10.0. The summed E-state index contributed by atoms with van der Waals surface area (Å²) < 4.78 is 78.5. The summed E-state index contributed by atoms with van der Waals surface area (Å²) in [5.41, 5.74) is 0. The molecule has 2 rings (SSSR count). The molecule has 0 saturated heterocycles. The highest BCUT2D eigenvalue weighted by molar-refractivity contribution is 5.10.